The van der Waals surface area contributed by atoms with Crippen molar-refractivity contribution in [2.45, 2.75) is 6.61 Å². The van der Waals surface area contributed by atoms with Crippen LogP contribution in [0.4, 0.5) is 0 Å². The molecule has 2 aromatic rings. The number of aromatic nitrogens is 1. The van der Waals surface area contributed by atoms with Gasteiger partial charge in [0.2, 0.25) is 0 Å². The van der Waals surface area contributed by atoms with Crippen LogP contribution in [0.25, 0.3) is 0 Å². The molecule has 1 N–H and O–H groups in total. The molecule has 0 saturated carbocycles. The SMILES string of the molecule is O=C(O)c1ccc(COc2cccc(Br)c2)cn1. The second kappa shape index (κ2) is 5.64. The molecule has 0 aliphatic rings. The Morgan fingerprint density at radius 2 is 2.17 bits per heavy atom. The summed E-state index contributed by atoms with van der Waals surface area (Å²) in [7, 11) is 0. The number of carboxylic acids is 1. The Kier molecular flexibility index (Phi) is 3.94. The first-order valence-electron chi connectivity index (χ1n) is 5.22. The maximum absolute atomic E-state index is 10.6. The van der Waals surface area contributed by atoms with E-state index >= 15 is 0 Å². The van der Waals surface area contributed by atoms with Crippen LogP contribution in [-0.4, -0.2) is 16.1 Å². The van der Waals surface area contributed by atoms with Crippen molar-refractivity contribution in [2.24, 2.45) is 0 Å². The minimum Gasteiger partial charge on any atom is -0.489 e. The largest absolute Gasteiger partial charge is 0.489 e. The first-order chi connectivity index (χ1) is 8.65. The minimum atomic E-state index is -1.03. The standard InChI is InChI=1S/C13H10BrNO3/c14-10-2-1-3-11(6-10)18-8-9-4-5-12(13(16)17)15-7-9/h1-7H,8H2,(H,16,17). The van der Waals surface area contributed by atoms with Crippen molar-refractivity contribution in [1.82, 2.24) is 4.98 Å². The first-order valence-corrected chi connectivity index (χ1v) is 6.01. The number of hydrogen-bond acceptors (Lipinski definition) is 3. The molecule has 2 rings (SSSR count). The number of ether oxygens (including phenoxy) is 1. The third kappa shape index (κ3) is 3.30. The number of halogens is 1. The Bertz CT molecular complexity index is 554. The van der Waals surface area contributed by atoms with Gasteiger partial charge in [0.25, 0.3) is 0 Å². The van der Waals surface area contributed by atoms with Crippen molar-refractivity contribution in [3.63, 3.8) is 0 Å². The smallest absolute Gasteiger partial charge is 0.354 e. The summed E-state index contributed by atoms with van der Waals surface area (Å²) in [5.41, 5.74) is 0.848. The zero-order valence-corrected chi connectivity index (χ0v) is 10.9. The van der Waals surface area contributed by atoms with Crippen LogP contribution in [0.1, 0.15) is 16.1 Å². The zero-order valence-electron chi connectivity index (χ0n) is 9.34. The van der Waals surface area contributed by atoms with Crippen LogP contribution in [0.5, 0.6) is 5.75 Å². The summed E-state index contributed by atoms with van der Waals surface area (Å²) < 4.78 is 6.50. The van der Waals surface area contributed by atoms with Gasteiger partial charge in [-0.15, -0.1) is 0 Å². The molecule has 0 aliphatic heterocycles. The fourth-order valence-corrected chi connectivity index (χ4v) is 1.74. The molecule has 0 unspecified atom stereocenters. The van der Waals surface area contributed by atoms with Crippen LogP contribution in [0.15, 0.2) is 47.1 Å². The van der Waals surface area contributed by atoms with E-state index in [2.05, 4.69) is 20.9 Å². The van der Waals surface area contributed by atoms with E-state index in [1.165, 1.54) is 12.3 Å². The third-order valence-electron chi connectivity index (χ3n) is 2.25. The lowest BCUT2D eigenvalue weighted by Crippen LogP contribution is -2.02. The van der Waals surface area contributed by atoms with Gasteiger partial charge in [0.05, 0.1) is 0 Å². The van der Waals surface area contributed by atoms with Gasteiger partial charge in [-0.2, -0.15) is 0 Å². The molecule has 92 valence electrons. The average Bonchev–Trinajstić information content (AvgIpc) is 2.37. The average molecular weight is 308 g/mol. The summed E-state index contributed by atoms with van der Waals surface area (Å²) in [5, 5.41) is 8.72. The number of carbonyl (C=O) groups is 1. The molecule has 1 aromatic carbocycles. The van der Waals surface area contributed by atoms with Gasteiger partial charge in [-0.25, -0.2) is 9.78 Å². The number of pyridine rings is 1. The molecular formula is C13H10BrNO3. The van der Waals surface area contributed by atoms with E-state index in [-0.39, 0.29) is 5.69 Å². The van der Waals surface area contributed by atoms with Gasteiger partial charge >= 0.3 is 5.97 Å². The first kappa shape index (κ1) is 12.6. The van der Waals surface area contributed by atoms with Gasteiger partial charge in [0.15, 0.2) is 0 Å². The third-order valence-corrected chi connectivity index (χ3v) is 2.74. The van der Waals surface area contributed by atoms with Gasteiger partial charge in [0.1, 0.15) is 18.1 Å². The van der Waals surface area contributed by atoms with E-state index in [1.54, 1.807) is 6.07 Å². The monoisotopic (exact) mass is 307 g/mol. The van der Waals surface area contributed by atoms with Crippen molar-refractivity contribution < 1.29 is 14.6 Å². The fourth-order valence-electron chi connectivity index (χ4n) is 1.36. The van der Waals surface area contributed by atoms with E-state index in [4.69, 9.17) is 9.84 Å². The molecule has 4 nitrogen and oxygen atoms in total. The summed E-state index contributed by atoms with van der Waals surface area (Å²) in [6.07, 6.45) is 1.50. The van der Waals surface area contributed by atoms with Gasteiger partial charge in [-0.1, -0.05) is 28.1 Å². The second-order valence-corrected chi connectivity index (χ2v) is 4.52. The van der Waals surface area contributed by atoms with E-state index < -0.39 is 5.97 Å². The lowest BCUT2D eigenvalue weighted by atomic mass is 10.2. The van der Waals surface area contributed by atoms with Crippen molar-refractivity contribution in [2.75, 3.05) is 0 Å². The molecule has 1 aromatic heterocycles. The molecule has 0 bridgehead atoms. The summed E-state index contributed by atoms with van der Waals surface area (Å²) in [6.45, 7) is 0.351. The molecular weight excluding hydrogens is 298 g/mol. The number of benzene rings is 1. The van der Waals surface area contributed by atoms with Crippen LogP contribution in [0, 0.1) is 0 Å². The van der Waals surface area contributed by atoms with Gasteiger partial charge in [0, 0.05) is 16.2 Å². The number of carboxylic acid groups (broad SMARTS) is 1. The van der Waals surface area contributed by atoms with E-state index in [1.807, 2.05) is 24.3 Å². The number of hydrogen-bond donors (Lipinski definition) is 1. The molecule has 18 heavy (non-hydrogen) atoms. The van der Waals surface area contributed by atoms with E-state index in [9.17, 15) is 4.79 Å². The van der Waals surface area contributed by atoms with Gasteiger partial charge < -0.3 is 9.84 Å². The van der Waals surface area contributed by atoms with Gasteiger partial charge in [-0.05, 0) is 24.3 Å². The van der Waals surface area contributed by atoms with Crippen LogP contribution < -0.4 is 4.74 Å². The summed E-state index contributed by atoms with van der Waals surface area (Å²) in [6, 6.07) is 10.7. The summed E-state index contributed by atoms with van der Waals surface area (Å²) >= 11 is 3.36. The Hall–Kier alpha value is -1.88. The maximum Gasteiger partial charge on any atom is 0.354 e. The molecule has 5 heteroatoms. The topological polar surface area (TPSA) is 59.4 Å². The van der Waals surface area contributed by atoms with Gasteiger partial charge in [-0.3, -0.25) is 0 Å². The predicted molar refractivity (Wildman–Crippen MR) is 69.7 cm³/mol. The normalized spacial score (nSPS) is 10.1. The van der Waals surface area contributed by atoms with E-state index in [0.29, 0.717) is 6.61 Å². The van der Waals surface area contributed by atoms with Crippen molar-refractivity contribution in [3.05, 3.63) is 58.3 Å². The van der Waals surface area contributed by atoms with Crippen molar-refractivity contribution in [1.29, 1.82) is 0 Å². The Morgan fingerprint density at radius 3 is 2.78 bits per heavy atom. The Balaban J connectivity index is 2.00. The highest BCUT2D eigenvalue weighted by molar-refractivity contribution is 9.10. The highest BCUT2D eigenvalue weighted by Gasteiger charge is 2.03. The summed E-state index contributed by atoms with van der Waals surface area (Å²) in [4.78, 5) is 14.4. The van der Waals surface area contributed by atoms with E-state index in [0.717, 1.165) is 15.8 Å². The second-order valence-electron chi connectivity index (χ2n) is 3.60. The molecule has 0 fully saturated rings. The number of rotatable bonds is 4. The zero-order chi connectivity index (χ0) is 13.0. The lowest BCUT2D eigenvalue weighted by molar-refractivity contribution is 0.0690. The highest BCUT2D eigenvalue weighted by Crippen LogP contribution is 2.18. The molecule has 0 saturated heterocycles. The van der Waals surface area contributed by atoms with Crippen molar-refractivity contribution >= 4 is 21.9 Å². The molecule has 1 heterocycles. The molecule has 0 aliphatic carbocycles. The van der Waals surface area contributed by atoms with Crippen LogP contribution in [0.3, 0.4) is 0 Å². The maximum atomic E-state index is 10.6. The Labute approximate surface area is 112 Å². The molecule has 0 amide bonds. The van der Waals surface area contributed by atoms with Crippen LogP contribution in [0.2, 0.25) is 0 Å². The molecule has 0 atom stereocenters. The summed E-state index contributed by atoms with van der Waals surface area (Å²) in [5.74, 6) is -0.291. The minimum absolute atomic E-state index is 0.0289. The van der Waals surface area contributed by atoms with Crippen LogP contribution in [-0.2, 0) is 6.61 Å². The van der Waals surface area contributed by atoms with Crippen molar-refractivity contribution in [3.8, 4) is 5.75 Å². The fraction of sp³-hybridized carbons (Fsp3) is 0.0769. The predicted octanol–water partition coefficient (Wildman–Crippen LogP) is 3.12. The van der Waals surface area contributed by atoms with Crippen LogP contribution >= 0.6 is 15.9 Å². The lowest BCUT2D eigenvalue weighted by Gasteiger charge is -2.06. The molecule has 0 spiro atoms. The number of aromatic carboxylic acids is 1. The molecule has 0 radical (unpaired) electrons. The highest BCUT2D eigenvalue weighted by atomic mass is 79.9. The quantitative estimate of drug-likeness (QED) is 0.943. The Morgan fingerprint density at radius 1 is 1.33 bits per heavy atom. The number of nitrogens with zero attached hydrogens (tertiary/aromatic N) is 1.